The van der Waals surface area contributed by atoms with E-state index in [1.807, 2.05) is 0 Å². The Kier molecular flexibility index (Phi) is 5.58. The molecule has 1 aromatic rings. The third-order valence-corrected chi connectivity index (χ3v) is 2.48. The molecular formula is C14H17NO5. The first-order valence-electron chi connectivity index (χ1n) is 5.87. The first kappa shape index (κ1) is 15.6. The van der Waals surface area contributed by atoms with Gasteiger partial charge in [-0.2, -0.15) is 0 Å². The van der Waals surface area contributed by atoms with Crippen LogP contribution in [0.2, 0.25) is 0 Å². The summed E-state index contributed by atoms with van der Waals surface area (Å²) in [7, 11) is 3.07. The zero-order chi connectivity index (χ0) is 15.1. The van der Waals surface area contributed by atoms with Gasteiger partial charge in [-0.15, -0.1) is 0 Å². The number of benzene rings is 1. The molecule has 108 valence electrons. The van der Waals surface area contributed by atoms with Crippen LogP contribution in [0.5, 0.6) is 11.5 Å². The molecule has 1 amide bonds. The van der Waals surface area contributed by atoms with Crippen LogP contribution in [0.4, 0.5) is 0 Å². The van der Waals surface area contributed by atoms with Crippen LogP contribution in [0.1, 0.15) is 12.5 Å². The average Bonchev–Trinajstić information content (AvgIpc) is 2.44. The number of carbonyl (C=O) groups excluding carboxylic acids is 2. The summed E-state index contributed by atoms with van der Waals surface area (Å²) in [5.74, 6) is -0.154. The Morgan fingerprint density at radius 2 is 1.70 bits per heavy atom. The molecule has 0 bridgehead atoms. The number of nitrogens with two attached hydrogens (primary N) is 1. The number of ether oxygens (including phenoxy) is 3. The minimum atomic E-state index is -0.966. The standard InChI is InChI=1S/C14H17NO5/c1-9(14(15)17)20-13(16)5-4-10-6-11(18-2)8-12(7-10)19-3/h4-9H,1-3H3,(H2,15,17)/b5-4+/t9-/m0/s1. The molecule has 0 aromatic heterocycles. The Hall–Kier alpha value is -2.50. The molecule has 0 aliphatic heterocycles. The summed E-state index contributed by atoms with van der Waals surface area (Å²) in [6, 6.07) is 5.17. The fourth-order valence-corrected chi connectivity index (χ4v) is 1.36. The molecule has 0 fully saturated rings. The SMILES string of the molecule is COc1cc(/C=C/C(=O)O[C@@H](C)C(N)=O)cc(OC)c1. The van der Waals surface area contributed by atoms with Gasteiger partial charge in [0.15, 0.2) is 6.10 Å². The van der Waals surface area contributed by atoms with Gasteiger partial charge in [0.25, 0.3) is 5.91 Å². The fourth-order valence-electron chi connectivity index (χ4n) is 1.36. The van der Waals surface area contributed by atoms with Crippen LogP contribution < -0.4 is 15.2 Å². The van der Waals surface area contributed by atoms with E-state index in [-0.39, 0.29) is 0 Å². The maximum Gasteiger partial charge on any atom is 0.331 e. The number of primary amides is 1. The van der Waals surface area contributed by atoms with Crippen molar-refractivity contribution < 1.29 is 23.8 Å². The van der Waals surface area contributed by atoms with Crippen molar-refractivity contribution in [2.24, 2.45) is 5.73 Å². The first-order chi connectivity index (χ1) is 9.46. The van der Waals surface area contributed by atoms with Gasteiger partial charge < -0.3 is 19.9 Å². The van der Waals surface area contributed by atoms with Gasteiger partial charge >= 0.3 is 5.97 Å². The lowest BCUT2D eigenvalue weighted by molar-refractivity contribution is -0.148. The molecule has 0 unspecified atom stereocenters. The van der Waals surface area contributed by atoms with Crippen molar-refractivity contribution in [3.05, 3.63) is 29.8 Å². The Labute approximate surface area is 117 Å². The van der Waals surface area contributed by atoms with E-state index < -0.39 is 18.0 Å². The van der Waals surface area contributed by atoms with Gasteiger partial charge in [-0.1, -0.05) is 0 Å². The van der Waals surface area contributed by atoms with E-state index in [4.69, 9.17) is 19.9 Å². The number of hydrogen-bond acceptors (Lipinski definition) is 5. The number of rotatable bonds is 6. The molecule has 0 saturated carbocycles. The van der Waals surface area contributed by atoms with E-state index in [0.29, 0.717) is 17.1 Å². The lowest BCUT2D eigenvalue weighted by atomic mass is 10.2. The smallest absolute Gasteiger partial charge is 0.331 e. The predicted molar refractivity (Wildman–Crippen MR) is 73.3 cm³/mol. The van der Waals surface area contributed by atoms with Gasteiger partial charge in [-0.05, 0) is 30.7 Å². The Morgan fingerprint density at radius 1 is 1.15 bits per heavy atom. The monoisotopic (exact) mass is 279 g/mol. The molecular weight excluding hydrogens is 262 g/mol. The molecule has 0 aliphatic carbocycles. The Bertz CT molecular complexity index is 502. The van der Waals surface area contributed by atoms with E-state index in [9.17, 15) is 9.59 Å². The molecule has 6 nitrogen and oxygen atoms in total. The molecule has 0 saturated heterocycles. The Morgan fingerprint density at radius 3 is 2.15 bits per heavy atom. The van der Waals surface area contributed by atoms with Crippen molar-refractivity contribution in [2.45, 2.75) is 13.0 Å². The summed E-state index contributed by atoms with van der Waals surface area (Å²) < 4.78 is 15.0. The van der Waals surface area contributed by atoms with E-state index in [0.717, 1.165) is 0 Å². The lowest BCUT2D eigenvalue weighted by Crippen LogP contribution is -2.29. The molecule has 0 heterocycles. The van der Waals surface area contributed by atoms with Crippen molar-refractivity contribution in [2.75, 3.05) is 14.2 Å². The van der Waals surface area contributed by atoms with Crippen molar-refractivity contribution in [3.8, 4) is 11.5 Å². The highest BCUT2D eigenvalue weighted by Gasteiger charge is 2.12. The quantitative estimate of drug-likeness (QED) is 0.623. The third kappa shape index (κ3) is 4.64. The van der Waals surface area contributed by atoms with Crippen LogP contribution in [0.3, 0.4) is 0 Å². The van der Waals surface area contributed by atoms with E-state index in [1.165, 1.54) is 33.3 Å². The van der Waals surface area contributed by atoms with Gasteiger partial charge in [0.2, 0.25) is 0 Å². The second-order valence-corrected chi connectivity index (χ2v) is 3.96. The lowest BCUT2D eigenvalue weighted by Gasteiger charge is -2.07. The van der Waals surface area contributed by atoms with Crippen LogP contribution in [-0.4, -0.2) is 32.2 Å². The molecule has 1 atom stereocenters. The van der Waals surface area contributed by atoms with Crippen LogP contribution in [0.25, 0.3) is 6.08 Å². The average molecular weight is 279 g/mol. The molecule has 2 N–H and O–H groups in total. The number of hydrogen-bond donors (Lipinski definition) is 1. The second-order valence-electron chi connectivity index (χ2n) is 3.96. The summed E-state index contributed by atoms with van der Waals surface area (Å²) in [4.78, 5) is 22.2. The molecule has 1 aromatic carbocycles. The highest BCUT2D eigenvalue weighted by atomic mass is 16.5. The van der Waals surface area contributed by atoms with Crippen LogP contribution in [0.15, 0.2) is 24.3 Å². The summed E-state index contributed by atoms with van der Waals surface area (Å²) >= 11 is 0. The van der Waals surface area contributed by atoms with Crippen molar-refractivity contribution in [1.82, 2.24) is 0 Å². The number of methoxy groups -OCH3 is 2. The molecule has 0 radical (unpaired) electrons. The number of carbonyl (C=O) groups is 2. The van der Waals surface area contributed by atoms with Gasteiger partial charge in [0.1, 0.15) is 11.5 Å². The summed E-state index contributed by atoms with van der Waals surface area (Å²) in [5, 5.41) is 0. The van der Waals surface area contributed by atoms with Crippen molar-refractivity contribution >= 4 is 18.0 Å². The topological polar surface area (TPSA) is 87.9 Å². The third-order valence-electron chi connectivity index (χ3n) is 2.48. The first-order valence-corrected chi connectivity index (χ1v) is 5.87. The zero-order valence-electron chi connectivity index (χ0n) is 11.6. The summed E-state index contributed by atoms with van der Waals surface area (Å²) in [6.07, 6.45) is 1.77. The van der Waals surface area contributed by atoms with Crippen LogP contribution in [0, 0.1) is 0 Å². The fraction of sp³-hybridized carbons (Fsp3) is 0.286. The van der Waals surface area contributed by atoms with Gasteiger partial charge in [0, 0.05) is 12.1 Å². The molecule has 1 rings (SSSR count). The van der Waals surface area contributed by atoms with Gasteiger partial charge in [-0.3, -0.25) is 4.79 Å². The molecule has 20 heavy (non-hydrogen) atoms. The number of esters is 1. The maximum atomic E-state index is 11.5. The highest BCUT2D eigenvalue weighted by molar-refractivity contribution is 5.90. The number of amides is 1. The molecule has 0 spiro atoms. The minimum absolute atomic E-state index is 0.600. The van der Waals surface area contributed by atoms with Crippen molar-refractivity contribution in [1.29, 1.82) is 0 Å². The minimum Gasteiger partial charge on any atom is -0.497 e. The highest BCUT2D eigenvalue weighted by Crippen LogP contribution is 2.23. The largest absolute Gasteiger partial charge is 0.497 e. The van der Waals surface area contributed by atoms with Crippen LogP contribution >= 0.6 is 0 Å². The zero-order valence-corrected chi connectivity index (χ0v) is 11.6. The van der Waals surface area contributed by atoms with Crippen LogP contribution in [-0.2, 0) is 14.3 Å². The van der Waals surface area contributed by atoms with Crippen molar-refractivity contribution in [3.63, 3.8) is 0 Å². The van der Waals surface area contributed by atoms with Gasteiger partial charge in [0.05, 0.1) is 14.2 Å². The van der Waals surface area contributed by atoms with E-state index in [1.54, 1.807) is 18.2 Å². The van der Waals surface area contributed by atoms with Gasteiger partial charge in [-0.25, -0.2) is 4.79 Å². The summed E-state index contributed by atoms with van der Waals surface area (Å²) in [6.45, 7) is 1.41. The summed E-state index contributed by atoms with van der Waals surface area (Å²) in [5.41, 5.74) is 5.69. The predicted octanol–water partition coefficient (Wildman–Crippen LogP) is 1.13. The maximum absolute atomic E-state index is 11.5. The Balaban J connectivity index is 2.79. The second kappa shape index (κ2) is 7.18. The normalized spacial score (nSPS) is 11.9. The van der Waals surface area contributed by atoms with E-state index >= 15 is 0 Å². The molecule has 6 heteroatoms. The molecule has 0 aliphatic rings. The van der Waals surface area contributed by atoms with E-state index in [2.05, 4.69) is 0 Å².